The van der Waals surface area contributed by atoms with Crippen molar-refractivity contribution >= 4 is 46.3 Å². The van der Waals surface area contributed by atoms with E-state index in [2.05, 4.69) is 20.6 Å². The van der Waals surface area contributed by atoms with Gasteiger partial charge in [0.05, 0.1) is 28.1 Å². The minimum absolute atomic E-state index is 0.0898. The molecule has 2 aromatic carbocycles. The van der Waals surface area contributed by atoms with Crippen LogP contribution in [-0.4, -0.2) is 15.9 Å². The van der Waals surface area contributed by atoms with Crippen LogP contribution in [0, 0.1) is 5.82 Å². The summed E-state index contributed by atoms with van der Waals surface area (Å²) in [6.45, 7) is 0. The molecule has 0 saturated heterocycles. The summed E-state index contributed by atoms with van der Waals surface area (Å²) < 4.78 is 13.1. The number of hydrogen-bond donors (Lipinski definition) is 2. The number of carbonyl (C=O) groups excluding carboxylic acids is 1. The van der Waals surface area contributed by atoms with Crippen LogP contribution in [0.3, 0.4) is 0 Å². The Morgan fingerprint density at radius 2 is 1.84 bits per heavy atom. The summed E-state index contributed by atoms with van der Waals surface area (Å²) in [7, 11) is 0. The van der Waals surface area contributed by atoms with Crippen molar-refractivity contribution in [3.05, 3.63) is 76.4 Å². The maximum Gasteiger partial charge on any atom is 0.275 e. The molecule has 0 aliphatic rings. The number of carbonyl (C=O) groups is 1. The average Bonchev–Trinajstić information content (AvgIpc) is 2.59. The van der Waals surface area contributed by atoms with Gasteiger partial charge in [0.15, 0.2) is 0 Å². The van der Waals surface area contributed by atoms with Crippen LogP contribution in [0.4, 0.5) is 21.6 Å². The molecule has 0 aliphatic heterocycles. The monoisotopic (exact) mass is 376 g/mol. The van der Waals surface area contributed by atoms with Crippen LogP contribution in [0.2, 0.25) is 10.0 Å². The first-order valence-corrected chi connectivity index (χ1v) is 7.88. The van der Waals surface area contributed by atoms with Crippen molar-refractivity contribution in [2.45, 2.75) is 0 Å². The number of benzene rings is 2. The predicted molar refractivity (Wildman–Crippen MR) is 96.1 cm³/mol. The summed E-state index contributed by atoms with van der Waals surface area (Å²) in [5, 5.41) is 6.28. The SMILES string of the molecule is O=C(Nc1cccc(F)c1)c1cnc(Nc2cccc(Cl)c2Cl)cn1. The van der Waals surface area contributed by atoms with Crippen molar-refractivity contribution in [1.82, 2.24) is 9.97 Å². The molecule has 0 bridgehead atoms. The Balaban J connectivity index is 1.71. The van der Waals surface area contributed by atoms with Crippen LogP contribution < -0.4 is 10.6 Å². The van der Waals surface area contributed by atoms with Crippen LogP contribution in [0.15, 0.2) is 54.9 Å². The van der Waals surface area contributed by atoms with E-state index >= 15 is 0 Å². The van der Waals surface area contributed by atoms with Gasteiger partial charge in [0, 0.05) is 5.69 Å². The van der Waals surface area contributed by atoms with Crippen molar-refractivity contribution in [2.24, 2.45) is 0 Å². The molecule has 126 valence electrons. The van der Waals surface area contributed by atoms with E-state index in [1.165, 1.54) is 30.6 Å². The first-order valence-electron chi connectivity index (χ1n) is 7.13. The molecule has 1 aromatic heterocycles. The fourth-order valence-electron chi connectivity index (χ4n) is 2.01. The number of aromatic nitrogens is 2. The standard InChI is InChI=1S/C17H11Cl2FN4O/c18-12-5-2-6-13(16(12)19)24-15-9-21-14(8-22-15)17(25)23-11-4-1-3-10(20)7-11/h1-9H,(H,22,24)(H,23,25). The van der Waals surface area contributed by atoms with Crippen LogP contribution in [0.5, 0.6) is 0 Å². The van der Waals surface area contributed by atoms with E-state index in [0.717, 1.165) is 0 Å². The molecule has 0 atom stereocenters. The highest BCUT2D eigenvalue weighted by Crippen LogP contribution is 2.31. The zero-order valence-electron chi connectivity index (χ0n) is 12.6. The lowest BCUT2D eigenvalue weighted by Gasteiger charge is -2.09. The number of nitrogens with one attached hydrogen (secondary N) is 2. The Hall–Kier alpha value is -2.70. The molecule has 25 heavy (non-hydrogen) atoms. The van der Waals surface area contributed by atoms with Gasteiger partial charge in [0.1, 0.15) is 17.3 Å². The van der Waals surface area contributed by atoms with Gasteiger partial charge in [-0.3, -0.25) is 4.79 Å². The molecule has 1 heterocycles. The summed E-state index contributed by atoms with van der Waals surface area (Å²) in [6, 6.07) is 10.7. The Bertz CT molecular complexity index is 919. The predicted octanol–water partition coefficient (Wildman–Crippen LogP) is 4.92. The van der Waals surface area contributed by atoms with Gasteiger partial charge in [-0.05, 0) is 30.3 Å². The molecule has 5 nitrogen and oxygen atoms in total. The minimum Gasteiger partial charge on any atom is -0.338 e. The highest BCUT2D eigenvalue weighted by atomic mass is 35.5. The number of halogens is 3. The van der Waals surface area contributed by atoms with Gasteiger partial charge in [0.2, 0.25) is 0 Å². The fraction of sp³-hybridized carbons (Fsp3) is 0. The molecule has 0 saturated carbocycles. The third-order valence-corrected chi connectivity index (χ3v) is 4.00. The molecule has 0 aliphatic carbocycles. The van der Waals surface area contributed by atoms with E-state index in [4.69, 9.17) is 23.2 Å². The molecular formula is C17H11Cl2FN4O. The lowest BCUT2D eigenvalue weighted by atomic mass is 10.3. The Morgan fingerprint density at radius 1 is 1.04 bits per heavy atom. The summed E-state index contributed by atoms with van der Waals surface area (Å²) >= 11 is 12.0. The van der Waals surface area contributed by atoms with Gasteiger partial charge in [-0.1, -0.05) is 35.3 Å². The molecular weight excluding hydrogens is 366 g/mol. The number of nitrogens with zero attached hydrogens (tertiary/aromatic N) is 2. The average molecular weight is 377 g/mol. The maximum absolute atomic E-state index is 13.1. The fourth-order valence-corrected chi connectivity index (χ4v) is 2.36. The van der Waals surface area contributed by atoms with E-state index in [0.29, 0.717) is 27.2 Å². The molecule has 0 radical (unpaired) electrons. The van der Waals surface area contributed by atoms with Crippen LogP contribution in [0.25, 0.3) is 0 Å². The Kier molecular flexibility index (Phi) is 5.11. The van der Waals surface area contributed by atoms with Crippen LogP contribution >= 0.6 is 23.2 Å². The zero-order chi connectivity index (χ0) is 17.8. The van der Waals surface area contributed by atoms with E-state index in [9.17, 15) is 9.18 Å². The van der Waals surface area contributed by atoms with Crippen molar-refractivity contribution < 1.29 is 9.18 Å². The summed E-state index contributed by atoms with van der Waals surface area (Å²) in [5.41, 5.74) is 0.993. The third-order valence-electron chi connectivity index (χ3n) is 3.18. The Labute approximate surface area is 152 Å². The summed E-state index contributed by atoms with van der Waals surface area (Å²) in [4.78, 5) is 20.3. The first kappa shape index (κ1) is 17.1. The van der Waals surface area contributed by atoms with Gasteiger partial charge in [-0.15, -0.1) is 0 Å². The molecule has 0 unspecified atom stereocenters. The zero-order valence-corrected chi connectivity index (χ0v) is 14.1. The molecule has 0 spiro atoms. The van der Waals surface area contributed by atoms with E-state index in [1.54, 1.807) is 24.3 Å². The smallest absolute Gasteiger partial charge is 0.275 e. The molecule has 1 amide bonds. The van der Waals surface area contributed by atoms with Gasteiger partial charge < -0.3 is 10.6 Å². The topological polar surface area (TPSA) is 66.9 Å². The first-order chi connectivity index (χ1) is 12.0. The minimum atomic E-state index is -0.495. The molecule has 3 aromatic rings. The van der Waals surface area contributed by atoms with E-state index in [1.807, 2.05) is 0 Å². The highest BCUT2D eigenvalue weighted by molar-refractivity contribution is 6.43. The largest absolute Gasteiger partial charge is 0.338 e. The van der Waals surface area contributed by atoms with Crippen LogP contribution in [-0.2, 0) is 0 Å². The van der Waals surface area contributed by atoms with Gasteiger partial charge >= 0.3 is 0 Å². The second kappa shape index (κ2) is 7.46. The second-order valence-corrected chi connectivity index (χ2v) is 5.76. The molecule has 0 fully saturated rings. The number of anilines is 3. The van der Waals surface area contributed by atoms with Gasteiger partial charge in [-0.25, -0.2) is 14.4 Å². The number of rotatable bonds is 4. The van der Waals surface area contributed by atoms with Crippen molar-refractivity contribution in [1.29, 1.82) is 0 Å². The maximum atomic E-state index is 13.1. The van der Waals surface area contributed by atoms with E-state index in [-0.39, 0.29) is 5.69 Å². The number of hydrogen-bond acceptors (Lipinski definition) is 4. The van der Waals surface area contributed by atoms with Gasteiger partial charge in [0.25, 0.3) is 5.91 Å². The lowest BCUT2D eigenvalue weighted by Crippen LogP contribution is -2.14. The van der Waals surface area contributed by atoms with Crippen molar-refractivity contribution in [3.8, 4) is 0 Å². The normalized spacial score (nSPS) is 10.4. The molecule has 3 rings (SSSR count). The lowest BCUT2D eigenvalue weighted by molar-refractivity contribution is 0.102. The Morgan fingerprint density at radius 3 is 2.56 bits per heavy atom. The quantitative estimate of drug-likeness (QED) is 0.678. The van der Waals surface area contributed by atoms with Crippen molar-refractivity contribution in [3.63, 3.8) is 0 Å². The van der Waals surface area contributed by atoms with Crippen molar-refractivity contribution in [2.75, 3.05) is 10.6 Å². The van der Waals surface area contributed by atoms with Gasteiger partial charge in [-0.2, -0.15) is 0 Å². The summed E-state index contributed by atoms with van der Waals surface area (Å²) in [5.74, 6) is -0.543. The number of amides is 1. The van der Waals surface area contributed by atoms with Crippen LogP contribution in [0.1, 0.15) is 10.5 Å². The highest BCUT2D eigenvalue weighted by Gasteiger charge is 2.10. The van der Waals surface area contributed by atoms with E-state index < -0.39 is 11.7 Å². The second-order valence-electron chi connectivity index (χ2n) is 4.98. The third kappa shape index (κ3) is 4.23. The molecule has 8 heteroatoms. The summed E-state index contributed by atoms with van der Waals surface area (Å²) in [6.07, 6.45) is 2.69. The molecule has 2 N–H and O–H groups in total.